The topological polar surface area (TPSA) is 71.1 Å². The Morgan fingerprint density at radius 1 is 0.619 bits per heavy atom. The zero-order valence-electron chi connectivity index (χ0n) is 12.8. The van der Waals surface area contributed by atoms with E-state index in [1.165, 1.54) is 0 Å². The van der Waals surface area contributed by atoms with Crippen molar-refractivity contribution in [2.45, 2.75) is 75.8 Å². The van der Waals surface area contributed by atoms with Crippen LogP contribution in [0.3, 0.4) is 0 Å². The molecular formula is C14H26O6S. The van der Waals surface area contributed by atoms with E-state index in [1.807, 2.05) is 0 Å². The molecule has 7 heteroatoms. The van der Waals surface area contributed by atoms with Gasteiger partial charge in [-0.2, -0.15) is 8.42 Å². The maximum Gasteiger partial charge on any atom is 0.400 e. The van der Waals surface area contributed by atoms with Gasteiger partial charge in [-0.25, -0.2) is 8.37 Å². The van der Waals surface area contributed by atoms with Crippen LogP contribution in [0.25, 0.3) is 0 Å². The largest absolute Gasteiger partial charge is 0.400 e. The first-order chi connectivity index (χ1) is 10.0. The predicted octanol–water partition coefficient (Wildman–Crippen LogP) is 2.18. The summed E-state index contributed by atoms with van der Waals surface area (Å²) >= 11 is 0. The number of methoxy groups -OCH3 is 2. The number of hydrogen-bond acceptors (Lipinski definition) is 6. The van der Waals surface area contributed by atoms with Crippen molar-refractivity contribution in [3.63, 3.8) is 0 Å². The smallest absolute Gasteiger partial charge is 0.381 e. The molecule has 0 amide bonds. The number of hydrogen-bond donors (Lipinski definition) is 0. The molecule has 0 aromatic heterocycles. The first-order valence-corrected chi connectivity index (χ1v) is 9.03. The van der Waals surface area contributed by atoms with Crippen LogP contribution in [0.4, 0.5) is 0 Å². The third kappa shape index (κ3) is 5.49. The average molecular weight is 322 g/mol. The lowest BCUT2D eigenvalue weighted by molar-refractivity contribution is 0.0122. The van der Waals surface area contributed by atoms with Gasteiger partial charge in [0, 0.05) is 14.2 Å². The van der Waals surface area contributed by atoms with Crippen molar-refractivity contribution in [3.05, 3.63) is 0 Å². The highest BCUT2D eigenvalue weighted by molar-refractivity contribution is 7.81. The number of rotatable bonds is 6. The van der Waals surface area contributed by atoms with Crippen molar-refractivity contribution >= 4 is 10.4 Å². The SMILES string of the molecule is COC1CCC(OS(=O)(=O)OC2CCC(OC)CC2)CC1. The minimum Gasteiger partial charge on any atom is -0.381 e. The summed E-state index contributed by atoms with van der Waals surface area (Å²) in [5.74, 6) is 0. The summed E-state index contributed by atoms with van der Waals surface area (Å²) in [7, 11) is -0.546. The van der Waals surface area contributed by atoms with Crippen LogP contribution in [0.15, 0.2) is 0 Å². The maximum atomic E-state index is 12.0. The summed E-state index contributed by atoms with van der Waals surface area (Å²) in [4.78, 5) is 0. The minimum atomic E-state index is -3.91. The lowest BCUT2D eigenvalue weighted by Gasteiger charge is -2.29. The highest BCUT2D eigenvalue weighted by Crippen LogP contribution is 2.27. The van der Waals surface area contributed by atoms with E-state index in [-0.39, 0.29) is 24.4 Å². The molecule has 0 atom stereocenters. The second kappa shape index (κ2) is 7.87. The van der Waals surface area contributed by atoms with Crippen molar-refractivity contribution in [2.75, 3.05) is 14.2 Å². The molecule has 6 nitrogen and oxygen atoms in total. The van der Waals surface area contributed by atoms with Gasteiger partial charge in [0.2, 0.25) is 0 Å². The van der Waals surface area contributed by atoms with Gasteiger partial charge in [0.15, 0.2) is 0 Å². The molecule has 2 aliphatic carbocycles. The third-order valence-corrected chi connectivity index (χ3v) is 5.43. The third-order valence-electron chi connectivity index (χ3n) is 4.42. The average Bonchev–Trinajstić information content (AvgIpc) is 2.48. The molecule has 2 saturated carbocycles. The Balaban J connectivity index is 1.75. The van der Waals surface area contributed by atoms with Crippen molar-refractivity contribution in [1.29, 1.82) is 0 Å². The Morgan fingerprint density at radius 2 is 0.905 bits per heavy atom. The van der Waals surface area contributed by atoms with Crippen molar-refractivity contribution < 1.29 is 26.3 Å². The Kier molecular flexibility index (Phi) is 6.43. The van der Waals surface area contributed by atoms with Gasteiger partial charge >= 0.3 is 10.4 Å². The van der Waals surface area contributed by atoms with E-state index >= 15 is 0 Å². The van der Waals surface area contributed by atoms with Gasteiger partial charge < -0.3 is 9.47 Å². The van der Waals surface area contributed by atoms with Crippen LogP contribution in [0.1, 0.15) is 51.4 Å². The predicted molar refractivity (Wildman–Crippen MR) is 77.2 cm³/mol. The molecule has 0 N–H and O–H groups in total. The molecule has 0 spiro atoms. The summed E-state index contributed by atoms with van der Waals surface area (Å²) < 4.78 is 44.8. The van der Waals surface area contributed by atoms with E-state index in [0.29, 0.717) is 25.7 Å². The molecular weight excluding hydrogens is 296 g/mol. The van der Waals surface area contributed by atoms with Crippen LogP contribution in [0.2, 0.25) is 0 Å². The molecule has 0 bridgehead atoms. The summed E-state index contributed by atoms with van der Waals surface area (Å²) in [5.41, 5.74) is 0. The second-order valence-electron chi connectivity index (χ2n) is 5.87. The molecule has 0 radical (unpaired) electrons. The van der Waals surface area contributed by atoms with Crippen LogP contribution in [0, 0.1) is 0 Å². The molecule has 2 rings (SSSR count). The van der Waals surface area contributed by atoms with Crippen LogP contribution >= 0.6 is 0 Å². The van der Waals surface area contributed by atoms with E-state index in [1.54, 1.807) is 14.2 Å². The minimum absolute atomic E-state index is 0.220. The summed E-state index contributed by atoms with van der Waals surface area (Å²) in [6, 6.07) is 0. The molecule has 21 heavy (non-hydrogen) atoms. The molecule has 0 aliphatic heterocycles. The Hall–Kier alpha value is -0.210. The fraction of sp³-hybridized carbons (Fsp3) is 1.00. The van der Waals surface area contributed by atoms with Crippen LogP contribution in [-0.4, -0.2) is 47.1 Å². The quantitative estimate of drug-likeness (QED) is 0.746. The summed E-state index contributed by atoms with van der Waals surface area (Å²) in [5, 5.41) is 0. The first kappa shape index (κ1) is 17.1. The van der Waals surface area contributed by atoms with E-state index in [0.717, 1.165) is 25.7 Å². The molecule has 2 aliphatic rings. The molecule has 0 heterocycles. The van der Waals surface area contributed by atoms with Crippen molar-refractivity contribution in [2.24, 2.45) is 0 Å². The fourth-order valence-electron chi connectivity index (χ4n) is 3.08. The molecule has 0 aromatic rings. The first-order valence-electron chi connectivity index (χ1n) is 7.69. The van der Waals surface area contributed by atoms with Crippen molar-refractivity contribution in [1.82, 2.24) is 0 Å². The van der Waals surface area contributed by atoms with E-state index in [2.05, 4.69) is 0 Å². The van der Waals surface area contributed by atoms with E-state index < -0.39 is 10.4 Å². The Labute approximate surface area is 127 Å². The Bertz CT molecular complexity index is 362. The highest BCUT2D eigenvalue weighted by Gasteiger charge is 2.30. The van der Waals surface area contributed by atoms with Gasteiger partial charge in [-0.1, -0.05) is 0 Å². The van der Waals surface area contributed by atoms with E-state index in [4.69, 9.17) is 17.8 Å². The van der Waals surface area contributed by atoms with Crippen molar-refractivity contribution in [3.8, 4) is 0 Å². The monoisotopic (exact) mass is 322 g/mol. The van der Waals surface area contributed by atoms with Gasteiger partial charge in [-0.3, -0.25) is 0 Å². The lowest BCUT2D eigenvalue weighted by atomic mass is 9.95. The van der Waals surface area contributed by atoms with Gasteiger partial charge in [0.25, 0.3) is 0 Å². The highest BCUT2D eigenvalue weighted by atomic mass is 32.3. The fourth-order valence-corrected chi connectivity index (χ4v) is 4.18. The maximum absolute atomic E-state index is 12.0. The zero-order valence-corrected chi connectivity index (χ0v) is 13.6. The second-order valence-corrected chi connectivity index (χ2v) is 7.07. The van der Waals surface area contributed by atoms with Gasteiger partial charge in [0.05, 0.1) is 24.4 Å². The van der Waals surface area contributed by atoms with Gasteiger partial charge in [0.1, 0.15) is 0 Å². The summed E-state index contributed by atoms with van der Waals surface area (Å²) in [6.07, 6.45) is 5.96. The summed E-state index contributed by atoms with van der Waals surface area (Å²) in [6.45, 7) is 0. The standard InChI is InChI=1S/C14H26O6S/c1-17-11-3-7-13(8-4-11)19-21(15,16)20-14-9-5-12(18-2)6-10-14/h11-14H,3-10H2,1-2H3. The van der Waals surface area contributed by atoms with E-state index in [9.17, 15) is 8.42 Å². The van der Waals surface area contributed by atoms with Gasteiger partial charge in [-0.15, -0.1) is 0 Å². The molecule has 2 fully saturated rings. The normalized spacial score (nSPS) is 34.8. The molecule has 0 saturated heterocycles. The molecule has 0 unspecified atom stereocenters. The van der Waals surface area contributed by atoms with Crippen LogP contribution in [-0.2, 0) is 28.2 Å². The van der Waals surface area contributed by atoms with Gasteiger partial charge in [-0.05, 0) is 51.4 Å². The number of ether oxygens (including phenoxy) is 2. The molecule has 0 aromatic carbocycles. The Morgan fingerprint density at radius 3 is 1.19 bits per heavy atom. The molecule has 124 valence electrons. The lowest BCUT2D eigenvalue weighted by Crippen LogP contribution is -2.32. The zero-order chi connectivity index (χ0) is 15.3. The van der Waals surface area contributed by atoms with Crippen LogP contribution in [0.5, 0.6) is 0 Å². The van der Waals surface area contributed by atoms with Crippen LogP contribution < -0.4 is 0 Å².